The van der Waals surface area contributed by atoms with Crippen LogP contribution < -0.4 is 5.32 Å². The fourth-order valence-electron chi connectivity index (χ4n) is 2.37. The van der Waals surface area contributed by atoms with E-state index in [9.17, 15) is 0 Å². The summed E-state index contributed by atoms with van der Waals surface area (Å²) in [5.74, 6) is 0. The van der Waals surface area contributed by atoms with Gasteiger partial charge in [-0.1, -0.05) is 13.3 Å². The van der Waals surface area contributed by atoms with E-state index in [0.717, 1.165) is 26.2 Å². The number of piperazine rings is 1. The van der Waals surface area contributed by atoms with E-state index in [4.69, 9.17) is 4.98 Å². The predicted octanol–water partition coefficient (Wildman–Crippen LogP) is 2.51. The molecule has 0 radical (unpaired) electrons. The van der Waals surface area contributed by atoms with Crippen LogP contribution >= 0.6 is 11.3 Å². The second-order valence-corrected chi connectivity index (χ2v) is 6.02. The van der Waals surface area contributed by atoms with Crippen LogP contribution in [-0.4, -0.2) is 36.1 Å². The van der Waals surface area contributed by atoms with Crippen LogP contribution in [0.1, 0.15) is 41.4 Å². The Hall–Kier alpha value is -0.450. The summed E-state index contributed by atoms with van der Waals surface area (Å²) >= 11 is 1.88. The third-order valence-electron chi connectivity index (χ3n) is 3.48. The van der Waals surface area contributed by atoms with Gasteiger partial charge in [0.05, 0.1) is 11.7 Å². The Balaban J connectivity index is 2.15. The van der Waals surface area contributed by atoms with Gasteiger partial charge in [0.15, 0.2) is 0 Å². The molecular formula is C13H23N3S. The van der Waals surface area contributed by atoms with Crippen molar-refractivity contribution in [2.24, 2.45) is 0 Å². The molecule has 1 saturated heterocycles. The first-order valence-electron chi connectivity index (χ1n) is 6.61. The van der Waals surface area contributed by atoms with Crippen LogP contribution in [0.5, 0.6) is 0 Å². The summed E-state index contributed by atoms with van der Waals surface area (Å²) < 4.78 is 0. The third kappa shape index (κ3) is 3.06. The Morgan fingerprint density at radius 1 is 1.35 bits per heavy atom. The molecule has 0 aromatic carbocycles. The molecule has 0 bridgehead atoms. The van der Waals surface area contributed by atoms with Crippen LogP contribution in [0.4, 0.5) is 0 Å². The SMILES string of the molecule is CCCC(c1nc(C)c(C)s1)N1CCNCC1. The van der Waals surface area contributed by atoms with Crippen LogP contribution in [-0.2, 0) is 0 Å². The molecule has 1 N–H and O–H groups in total. The van der Waals surface area contributed by atoms with E-state index < -0.39 is 0 Å². The van der Waals surface area contributed by atoms with Gasteiger partial charge < -0.3 is 5.32 Å². The lowest BCUT2D eigenvalue weighted by Gasteiger charge is -2.33. The highest BCUT2D eigenvalue weighted by Crippen LogP contribution is 2.30. The Morgan fingerprint density at radius 3 is 2.59 bits per heavy atom. The maximum atomic E-state index is 4.76. The fraction of sp³-hybridized carbons (Fsp3) is 0.769. The van der Waals surface area contributed by atoms with Gasteiger partial charge in [-0.15, -0.1) is 11.3 Å². The van der Waals surface area contributed by atoms with Crippen molar-refractivity contribution < 1.29 is 0 Å². The van der Waals surface area contributed by atoms with Crippen molar-refractivity contribution in [3.63, 3.8) is 0 Å². The maximum Gasteiger partial charge on any atom is 0.110 e. The van der Waals surface area contributed by atoms with E-state index in [2.05, 4.69) is 31.0 Å². The van der Waals surface area contributed by atoms with Gasteiger partial charge in [-0.05, 0) is 20.3 Å². The topological polar surface area (TPSA) is 28.2 Å². The van der Waals surface area contributed by atoms with Crippen LogP contribution in [0.25, 0.3) is 0 Å². The van der Waals surface area contributed by atoms with E-state index in [1.807, 2.05) is 11.3 Å². The average Bonchev–Trinajstić information content (AvgIpc) is 2.67. The van der Waals surface area contributed by atoms with E-state index in [1.165, 1.54) is 28.4 Å². The minimum atomic E-state index is 0.541. The van der Waals surface area contributed by atoms with Crippen molar-refractivity contribution >= 4 is 11.3 Å². The van der Waals surface area contributed by atoms with Gasteiger partial charge in [-0.3, -0.25) is 4.90 Å². The number of nitrogens with zero attached hydrogens (tertiary/aromatic N) is 2. The van der Waals surface area contributed by atoms with E-state index >= 15 is 0 Å². The zero-order valence-electron chi connectivity index (χ0n) is 11.1. The molecule has 2 rings (SSSR count). The monoisotopic (exact) mass is 253 g/mol. The molecule has 1 unspecified atom stereocenters. The summed E-state index contributed by atoms with van der Waals surface area (Å²) in [6, 6.07) is 0.541. The van der Waals surface area contributed by atoms with E-state index in [0.29, 0.717) is 6.04 Å². The molecule has 3 nitrogen and oxygen atoms in total. The molecular weight excluding hydrogens is 230 g/mol. The Kier molecular flexibility index (Phi) is 4.54. The number of aryl methyl sites for hydroxylation is 2. The third-order valence-corrected chi connectivity index (χ3v) is 4.66. The number of thiazole rings is 1. The van der Waals surface area contributed by atoms with Gasteiger partial charge in [0.25, 0.3) is 0 Å². The molecule has 4 heteroatoms. The van der Waals surface area contributed by atoms with Crippen molar-refractivity contribution in [1.82, 2.24) is 15.2 Å². The largest absolute Gasteiger partial charge is 0.314 e. The molecule has 1 atom stereocenters. The van der Waals surface area contributed by atoms with Gasteiger partial charge in [0.2, 0.25) is 0 Å². The quantitative estimate of drug-likeness (QED) is 0.893. The maximum absolute atomic E-state index is 4.76. The number of nitrogens with one attached hydrogen (secondary N) is 1. The standard InChI is InChI=1S/C13H23N3S/c1-4-5-12(16-8-6-14-7-9-16)13-15-10(2)11(3)17-13/h12,14H,4-9H2,1-3H3. The summed E-state index contributed by atoms with van der Waals surface area (Å²) in [4.78, 5) is 8.73. The average molecular weight is 253 g/mol. The summed E-state index contributed by atoms with van der Waals surface area (Å²) in [7, 11) is 0. The fourth-order valence-corrected chi connectivity index (χ4v) is 3.46. The summed E-state index contributed by atoms with van der Waals surface area (Å²) in [6.45, 7) is 11.1. The number of rotatable bonds is 4. The van der Waals surface area contributed by atoms with Crippen LogP contribution in [0.15, 0.2) is 0 Å². The molecule has 96 valence electrons. The highest BCUT2D eigenvalue weighted by Gasteiger charge is 2.24. The van der Waals surface area contributed by atoms with Gasteiger partial charge in [0.1, 0.15) is 5.01 Å². The van der Waals surface area contributed by atoms with Gasteiger partial charge in [-0.25, -0.2) is 4.98 Å². The van der Waals surface area contributed by atoms with E-state index in [1.54, 1.807) is 0 Å². The van der Waals surface area contributed by atoms with Crippen molar-refractivity contribution in [1.29, 1.82) is 0 Å². The smallest absolute Gasteiger partial charge is 0.110 e. The lowest BCUT2D eigenvalue weighted by molar-refractivity contribution is 0.164. The summed E-state index contributed by atoms with van der Waals surface area (Å²) in [5.41, 5.74) is 1.21. The van der Waals surface area contributed by atoms with Crippen molar-refractivity contribution in [3.8, 4) is 0 Å². The first-order chi connectivity index (χ1) is 8.22. The summed E-state index contributed by atoms with van der Waals surface area (Å²) in [6.07, 6.45) is 2.46. The van der Waals surface area contributed by atoms with Crippen LogP contribution in [0.2, 0.25) is 0 Å². The van der Waals surface area contributed by atoms with Gasteiger partial charge in [-0.2, -0.15) is 0 Å². The highest BCUT2D eigenvalue weighted by molar-refractivity contribution is 7.11. The molecule has 0 saturated carbocycles. The predicted molar refractivity (Wildman–Crippen MR) is 73.7 cm³/mol. The van der Waals surface area contributed by atoms with Crippen LogP contribution in [0.3, 0.4) is 0 Å². The zero-order chi connectivity index (χ0) is 12.3. The van der Waals surface area contributed by atoms with Crippen LogP contribution in [0, 0.1) is 13.8 Å². The molecule has 0 aliphatic carbocycles. The van der Waals surface area contributed by atoms with Crippen molar-refractivity contribution in [3.05, 3.63) is 15.6 Å². The first kappa shape index (κ1) is 13.0. The second-order valence-electron chi connectivity index (χ2n) is 4.78. The Labute approximate surface area is 108 Å². The number of hydrogen-bond acceptors (Lipinski definition) is 4. The number of hydrogen-bond donors (Lipinski definition) is 1. The van der Waals surface area contributed by atoms with Gasteiger partial charge >= 0.3 is 0 Å². The zero-order valence-corrected chi connectivity index (χ0v) is 11.9. The summed E-state index contributed by atoms with van der Waals surface area (Å²) in [5, 5.41) is 4.74. The second kappa shape index (κ2) is 5.94. The molecule has 1 aliphatic rings. The van der Waals surface area contributed by atoms with Crippen molar-refractivity contribution in [2.75, 3.05) is 26.2 Å². The first-order valence-corrected chi connectivity index (χ1v) is 7.42. The molecule has 1 aromatic rings. The number of aromatic nitrogens is 1. The van der Waals surface area contributed by atoms with Gasteiger partial charge in [0, 0.05) is 31.1 Å². The molecule has 0 spiro atoms. The van der Waals surface area contributed by atoms with E-state index in [-0.39, 0.29) is 0 Å². The molecule has 17 heavy (non-hydrogen) atoms. The minimum absolute atomic E-state index is 0.541. The minimum Gasteiger partial charge on any atom is -0.314 e. The normalized spacial score (nSPS) is 19.5. The Morgan fingerprint density at radius 2 is 2.06 bits per heavy atom. The molecule has 1 aromatic heterocycles. The van der Waals surface area contributed by atoms with Crippen molar-refractivity contribution in [2.45, 2.75) is 39.7 Å². The molecule has 1 aliphatic heterocycles. The molecule has 0 amide bonds. The molecule has 1 fully saturated rings. The Bertz CT molecular complexity index is 336. The highest BCUT2D eigenvalue weighted by atomic mass is 32.1. The lowest BCUT2D eigenvalue weighted by Crippen LogP contribution is -2.45. The molecule has 2 heterocycles. The lowest BCUT2D eigenvalue weighted by atomic mass is 10.1.